The van der Waals surface area contributed by atoms with Crippen molar-refractivity contribution in [2.24, 2.45) is 0 Å². The number of benzene rings is 1. The highest BCUT2D eigenvalue weighted by Crippen LogP contribution is 2.28. The summed E-state index contributed by atoms with van der Waals surface area (Å²) in [4.78, 5) is 13.7. The molecule has 1 aliphatic carbocycles. The van der Waals surface area contributed by atoms with E-state index in [4.69, 9.17) is 0 Å². The number of rotatable bonds is 8. The fourth-order valence-corrected chi connectivity index (χ4v) is 6.44. The summed E-state index contributed by atoms with van der Waals surface area (Å²) in [5.41, 5.74) is 3.15. The molecule has 2 aliphatic rings. The van der Waals surface area contributed by atoms with Crippen LogP contribution in [0, 0.1) is 0 Å². The number of hydrogen-bond acceptors (Lipinski definition) is 5. The van der Waals surface area contributed by atoms with Gasteiger partial charge in [-0.1, -0.05) is 17.7 Å². The van der Waals surface area contributed by atoms with Gasteiger partial charge in [0, 0.05) is 30.2 Å². The highest BCUT2D eigenvalue weighted by Gasteiger charge is 2.29. The molecule has 1 aliphatic heterocycles. The Bertz CT molecular complexity index is 1060. The maximum absolute atomic E-state index is 13.1. The number of carbonyl (C=O) groups excluding carboxylic acids is 1. The van der Waals surface area contributed by atoms with Crippen LogP contribution in [-0.4, -0.2) is 38.3 Å². The van der Waals surface area contributed by atoms with Crippen LogP contribution in [0.25, 0.3) is 0 Å². The van der Waals surface area contributed by atoms with E-state index in [1.807, 2.05) is 11.4 Å². The van der Waals surface area contributed by atoms with Gasteiger partial charge in [0.2, 0.25) is 15.9 Å². The number of hydrogen-bond donors (Lipinski definition) is 2. The van der Waals surface area contributed by atoms with E-state index >= 15 is 0 Å². The van der Waals surface area contributed by atoms with Crippen LogP contribution in [0.1, 0.15) is 42.5 Å². The van der Waals surface area contributed by atoms with Gasteiger partial charge in [0.25, 0.3) is 0 Å². The minimum Gasteiger partial charge on any atom is -0.376 e. The minimum atomic E-state index is -3.58. The van der Waals surface area contributed by atoms with Gasteiger partial charge in [-0.25, -0.2) is 8.42 Å². The smallest absolute Gasteiger partial charge is 0.243 e. The van der Waals surface area contributed by atoms with Crippen LogP contribution in [0.2, 0.25) is 0 Å². The molecule has 1 amide bonds. The quantitative estimate of drug-likeness (QED) is 0.587. The molecular formula is C23H29N3O3S2. The number of sulfonamides is 1. The molecule has 0 radical (unpaired) electrons. The summed E-state index contributed by atoms with van der Waals surface area (Å²) in [5.74, 6) is -0.0920. The van der Waals surface area contributed by atoms with Crippen molar-refractivity contribution in [2.45, 2.75) is 50.0 Å². The highest BCUT2D eigenvalue weighted by molar-refractivity contribution is 7.89. The molecule has 0 saturated carbocycles. The first-order valence-electron chi connectivity index (χ1n) is 10.9. The number of carbonyl (C=O) groups is 1. The lowest BCUT2D eigenvalue weighted by Gasteiger charge is -2.26. The Kier molecular flexibility index (Phi) is 7.09. The number of nitrogens with one attached hydrogen (secondary N) is 2. The summed E-state index contributed by atoms with van der Waals surface area (Å²) in [6.07, 6.45) is 8.74. The zero-order valence-corrected chi connectivity index (χ0v) is 19.2. The second-order valence-corrected chi connectivity index (χ2v) is 11.0. The number of fused-ring (bicyclic) bond motifs is 1. The summed E-state index contributed by atoms with van der Waals surface area (Å²) in [5, 5.41) is 8.00. The molecule has 6 nitrogen and oxygen atoms in total. The summed E-state index contributed by atoms with van der Waals surface area (Å²) in [7, 11) is -3.58. The van der Waals surface area contributed by atoms with Crippen molar-refractivity contribution in [1.82, 2.24) is 9.62 Å². The Hall–Kier alpha value is -2.16. The van der Waals surface area contributed by atoms with Crippen LogP contribution in [0.4, 0.5) is 5.69 Å². The third kappa shape index (κ3) is 5.56. The van der Waals surface area contributed by atoms with E-state index in [2.05, 4.69) is 16.7 Å². The molecule has 1 aromatic carbocycles. The fraction of sp³-hybridized carbons (Fsp3) is 0.435. The van der Waals surface area contributed by atoms with E-state index < -0.39 is 10.0 Å². The summed E-state index contributed by atoms with van der Waals surface area (Å²) in [6.45, 7) is 1.66. The molecule has 31 heavy (non-hydrogen) atoms. The Morgan fingerprint density at radius 3 is 2.90 bits per heavy atom. The molecule has 0 atom stereocenters. The molecule has 0 spiro atoms. The van der Waals surface area contributed by atoms with Crippen molar-refractivity contribution in [2.75, 3.05) is 25.0 Å². The van der Waals surface area contributed by atoms with E-state index in [-0.39, 0.29) is 17.3 Å². The second-order valence-electron chi connectivity index (χ2n) is 8.05. The fourth-order valence-electron chi connectivity index (χ4n) is 4.08. The largest absolute Gasteiger partial charge is 0.376 e. The first-order valence-corrected chi connectivity index (χ1v) is 13.2. The average Bonchev–Trinajstić information content (AvgIpc) is 3.27. The molecule has 4 rings (SSSR count). The lowest BCUT2D eigenvalue weighted by molar-refractivity contribution is -0.119. The first-order chi connectivity index (χ1) is 15.0. The van der Waals surface area contributed by atoms with Gasteiger partial charge in [-0.3, -0.25) is 4.79 Å². The topological polar surface area (TPSA) is 78.5 Å². The van der Waals surface area contributed by atoms with E-state index in [9.17, 15) is 13.2 Å². The number of amides is 1. The van der Waals surface area contributed by atoms with Gasteiger partial charge in [0.15, 0.2) is 0 Å². The molecule has 2 aromatic rings. The van der Waals surface area contributed by atoms with Gasteiger partial charge in [0.1, 0.15) is 0 Å². The zero-order chi connectivity index (χ0) is 21.7. The monoisotopic (exact) mass is 459 g/mol. The maximum Gasteiger partial charge on any atom is 0.243 e. The molecule has 166 valence electrons. The van der Waals surface area contributed by atoms with Crippen LogP contribution in [0.15, 0.2) is 52.3 Å². The van der Waals surface area contributed by atoms with Crippen LogP contribution in [0.5, 0.6) is 0 Å². The van der Waals surface area contributed by atoms with Gasteiger partial charge in [-0.15, -0.1) is 11.3 Å². The van der Waals surface area contributed by atoms with Crippen LogP contribution >= 0.6 is 11.3 Å². The van der Waals surface area contributed by atoms with Crippen molar-refractivity contribution in [3.05, 3.63) is 57.8 Å². The van der Waals surface area contributed by atoms with Crippen molar-refractivity contribution in [1.29, 1.82) is 0 Å². The summed E-state index contributed by atoms with van der Waals surface area (Å²) in [6, 6.07) is 8.72. The van der Waals surface area contributed by atoms with Crippen LogP contribution in [0.3, 0.4) is 0 Å². The minimum absolute atomic E-state index is 0.0920. The number of thiophene rings is 1. The molecule has 0 saturated heterocycles. The Morgan fingerprint density at radius 2 is 2.06 bits per heavy atom. The molecule has 0 fully saturated rings. The summed E-state index contributed by atoms with van der Waals surface area (Å²) >= 11 is 1.69. The molecule has 1 aromatic heterocycles. The Labute approximate surface area is 188 Å². The van der Waals surface area contributed by atoms with E-state index in [0.29, 0.717) is 25.3 Å². The number of allylic oxidation sites excluding steroid dienone is 1. The van der Waals surface area contributed by atoms with Gasteiger partial charge in [0.05, 0.1) is 11.4 Å². The van der Waals surface area contributed by atoms with Crippen LogP contribution in [-0.2, 0) is 27.8 Å². The van der Waals surface area contributed by atoms with Crippen molar-refractivity contribution in [3.63, 3.8) is 0 Å². The normalized spacial score (nSPS) is 17.0. The Morgan fingerprint density at radius 1 is 1.16 bits per heavy atom. The molecule has 0 unspecified atom stereocenters. The van der Waals surface area contributed by atoms with Gasteiger partial charge in [-0.05, 0) is 73.7 Å². The Balaban J connectivity index is 1.30. The van der Waals surface area contributed by atoms with Crippen LogP contribution < -0.4 is 10.6 Å². The van der Waals surface area contributed by atoms with Gasteiger partial charge < -0.3 is 10.6 Å². The molecular weight excluding hydrogens is 430 g/mol. The van der Waals surface area contributed by atoms with E-state index in [1.165, 1.54) is 27.6 Å². The molecule has 8 heteroatoms. The zero-order valence-electron chi connectivity index (χ0n) is 17.6. The van der Waals surface area contributed by atoms with Gasteiger partial charge in [-0.2, -0.15) is 4.31 Å². The third-order valence-electron chi connectivity index (χ3n) is 5.85. The molecule has 2 heterocycles. The first kappa shape index (κ1) is 22.0. The standard InChI is InChI=1S/C23H29N3O3S2/c27-23(24-12-9-18-5-2-1-3-6-18)16-25-20-7-4-8-21(15-20)31(28,29)26-13-10-22-19(17-26)11-14-30-22/h4-5,7-8,11,14-15,25H,1-3,6,9-10,12-13,16-17H2,(H,24,27). The predicted octanol–water partition coefficient (Wildman–Crippen LogP) is 3.91. The molecule has 2 N–H and O–H groups in total. The van der Waals surface area contributed by atoms with Gasteiger partial charge >= 0.3 is 0 Å². The third-order valence-corrected chi connectivity index (χ3v) is 8.71. The van der Waals surface area contributed by atoms with Crippen molar-refractivity contribution < 1.29 is 13.2 Å². The average molecular weight is 460 g/mol. The predicted molar refractivity (Wildman–Crippen MR) is 125 cm³/mol. The lowest BCUT2D eigenvalue weighted by atomic mass is 9.97. The van der Waals surface area contributed by atoms with E-state index in [0.717, 1.165) is 31.2 Å². The lowest BCUT2D eigenvalue weighted by Crippen LogP contribution is -2.35. The highest BCUT2D eigenvalue weighted by atomic mass is 32.2. The SMILES string of the molecule is O=C(CNc1cccc(S(=O)(=O)N2CCc3sccc3C2)c1)NCCC1=CCCCC1. The maximum atomic E-state index is 13.1. The summed E-state index contributed by atoms with van der Waals surface area (Å²) < 4.78 is 27.8. The van der Waals surface area contributed by atoms with Crippen molar-refractivity contribution in [3.8, 4) is 0 Å². The van der Waals surface area contributed by atoms with E-state index in [1.54, 1.807) is 35.6 Å². The van der Waals surface area contributed by atoms with Crippen molar-refractivity contribution >= 4 is 33.0 Å². The molecule has 0 bridgehead atoms. The number of anilines is 1. The second kappa shape index (κ2) is 9.97. The number of nitrogens with zero attached hydrogens (tertiary/aromatic N) is 1.